The number of carbonyl (C=O) groups is 3. The molecular formula is C11H10N2O4. The Labute approximate surface area is 96.8 Å². The molecule has 0 saturated carbocycles. The van der Waals surface area contributed by atoms with Gasteiger partial charge in [-0.25, -0.2) is 9.59 Å². The van der Waals surface area contributed by atoms with Gasteiger partial charge < -0.3 is 10.4 Å². The molecular weight excluding hydrogens is 224 g/mol. The van der Waals surface area contributed by atoms with E-state index in [2.05, 4.69) is 5.32 Å². The normalized spacial score (nSPS) is 23.7. The molecule has 1 heterocycles. The van der Waals surface area contributed by atoms with Crippen molar-refractivity contribution in [2.75, 3.05) is 7.05 Å². The van der Waals surface area contributed by atoms with E-state index in [1.807, 2.05) is 0 Å². The van der Waals surface area contributed by atoms with Crippen LogP contribution in [0, 0.1) is 0 Å². The van der Waals surface area contributed by atoms with Crippen LogP contribution in [0.2, 0.25) is 0 Å². The topological polar surface area (TPSA) is 86.7 Å². The van der Waals surface area contributed by atoms with Crippen LogP contribution >= 0.6 is 0 Å². The predicted molar refractivity (Wildman–Crippen MR) is 57.1 cm³/mol. The molecule has 17 heavy (non-hydrogen) atoms. The maximum Gasteiger partial charge on any atom is 0.344 e. The van der Waals surface area contributed by atoms with E-state index >= 15 is 0 Å². The molecule has 1 aliphatic rings. The summed E-state index contributed by atoms with van der Waals surface area (Å²) in [6.45, 7) is 0. The first-order chi connectivity index (χ1) is 8.00. The van der Waals surface area contributed by atoms with Gasteiger partial charge in [-0.05, 0) is 5.56 Å². The molecule has 2 rings (SSSR count). The summed E-state index contributed by atoms with van der Waals surface area (Å²) in [5.41, 5.74) is -1.78. The number of carbonyl (C=O) groups excluding carboxylic acids is 2. The second-order valence-corrected chi connectivity index (χ2v) is 3.72. The van der Waals surface area contributed by atoms with Crippen LogP contribution in [0.15, 0.2) is 30.3 Å². The van der Waals surface area contributed by atoms with Gasteiger partial charge in [0.05, 0.1) is 0 Å². The Balaban J connectivity index is 2.61. The maximum absolute atomic E-state index is 11.9. The summed E-state index contributed by atoms with van der Waals surface area (Å²) in [6, 6.07) is 7.18. The van der Waals surface area contributed by atoms with Crippen LogP contribution in [-0.4, -0.2) is 35.0 Å². The molecule has 6 nitrogen and oxygen atoms in total. The Morgan fingerprint density at radius 1 is 1.29 bits per heavy atom. The molecule has 1 aromatic rings. The fourth-order valence-corrected chi connectivity index (χ4v) is 1.79. The fourth-order valence-electron chi connectivity index (χ4n) is 1.79. The molecule has 1 atom stereocenters. The van der Waals surface area contributed by atoms with Crippen molar-refractivity contribution in [2.24, 2.45) is 0 Å². The largest absolute Gasteiger partial charge is 0.479 e. The van der Waals surface area contributed by atoms with Crippen molar-refractivity contribution in [1.82, 2.24) is 10.2 Å². The number of amides is 3. The molecule has 0 radical (unpaired) electrons. The number of rotatable bonds is 2. The number of hydrogen-bond donors (Lipinski definition) is 2. The van der Waals surface area contributed by atoms with Crippen LogP contribution < -0.4 is 5.32 Å². The zero-order valence-electron chi connectivity index (χ0n) is 9.01. The molecule has 1 saturated heterocycles. The number of carboxylic acids is 1. The number of urea groups is 1. The van der Waals surface area contributed by atoms with Crippen molar-refractivity contribution < 1.29 is 19.5 Å². The van der Waals surface area contributed by atoms with Crippen molar-refractivity contribution in [1.29, 1.82) is 0 Å². The highest BCUT2D eigenvalue weighted by atomic mass is 16.4. The first-order valence-corrected chi connectivity index (χ1v) is 4.89. The molecule has 6 heteroatoms. The van der Waals surface area contributed by atoms with E-state index < -0.39 is 23.4 Å². The van der Waals surface area contributed by atoms with E-state index in [9.17, 15) is 19.5 Å². The molecule has 0 spiro atoms. The molecule has 88 valence electrons. The van der Waals surface area contributed by atoms with Crippen LogP contribution in [0.5, 0.6) is 0 Å². The predicted octanol–water partition coefficient (Wildman–Crippen LogP) is 0.148. The van der Waals surface area contributed by atoms with E-state index in [4.69, 9.17) is 0 Å². The third kappa shape index (κ3) is 1.37. The highest BCUT2D eigenvalue weighted by molar-refractivity contribution is 6.18. The fraction of sp³-hybridized carbons (Fsp3) is 0.182. The average Bonchev–Trinajstić information content (AvgIpc) is 2.56. The summed E-state index contributed by atoms with van der Waals surface area (Å²) in [5.74, 6) is -2.19. The van der Waals surface area contributed by atoms with Crippen molar-refractivity contribution >= 4 is 17.9 Å². The van der Waals surface area contributed by atoms with Gasteiger partial charge in [0.2, 0.25) is 5.54 Å². The number of nitrogens with zero attached hydrogens (tertiary/aromatic N) is 1. The van der Waals surface area contributed by atoms with E-state index in [0.717, 1.165) is 4.90 Å². The first-order valence-electron chi connectivity index (χ1n) is 4.89. The van der Waals surface area contributed by atoms with Crippen LogP contribution in [0.25, 0.3) is 0 Å². The smallest absolute Gasteiger partial charge is 0.344 e. The number of likely N-dealkylation sites (N-methyl/N-ethyl adjacent to an activating group) is 1. The Bertz CT molecular complexity index is 499. The van der Waals surface area contributed by atoms with Crippen molar-refractivity contribution in [3.63, 3.8) is 0 Å². The highest BCUT2D eigenvalue weighted by Gasteiger charge is 2.57. The third-order valence-electron chi connectivity index (χ3n) is 2.75. The minimum Gasteiger partial charge on any atom is -0.479 e. The van der Waals surface area contributed by atoms with E-state index in [-0.39, 0.29) is 5.56 Å². The SMILES string of the molecule is CN1C(=O)NC(C(=O)O)(c2ccccc2)C1=O. The summed E-state index contributed by atoms with van der Waals surface area (Å²) in [4.78, 5) is 35.5. The standard InChI is InChI=1S/C11H10N2O4/c1-13-8(14)11(9(15)16,12-10(13)17)7-5-3-2-4-6-7/h2-6H,1H3,(H,12,17)(H,15,16). The Morgan fingerprint density at radius 2 is 1.88 bits per heavy atom. The summed E-state index contributed by atoms with van der Waals surface area (Å²) in [6.07, 6.45) is 0. The summed E-state index contributed by atoms with van der Waals surface area (Å²) in [7, 11) is 1.24. The van der Waals surface area contributed by atoms with Gasteiger partial charge in [0.1, 0.15) is 0 Å². The van der Waals surface area contributed by atoms with Crippen LogP contribution in [0.4, 0.5) is 4.79 Å². The summed E-state index contributed by atoms with van der Waals surface area (Å²) in [5, 5.41) is 11.5. The zero-order valence-corrected chi connectivity index (χ0v) is 9.01. The van der Waals surface area contributed by atoms with Crippen LogP contribution in [-0.2, 0) is 15.1 Å². The number of nitrogens with one attached hydrogen (secondary N) is 1. The number of hydrogen-bond acceptors (Lipinski definition) is 3. The summed E-state index contributed by atoms with van der Waals surface area (Å²) >= 11 is 0. The van der Waals surface area contributed by atoms with Crippen molar-refractivity contribution in [3.8, 4) is 0 Å². The van der Waals surface area contributed by atoms with E-state index in [0.29, 0.717) is 0 Å². The number of aliphatic carboxylic acids is 1. The van der Waals surface area contributed by atoms with Gasteiger partial charge in [0.15, 0.2) is 0 Å². The van der Waals surface area contributed by atoms with Crippen molar-refractivity contribution in [3.05, 3.63) is 35.9 Å². The molecule has 1 unspecified atom stereocenters. The molecule has 0 bridgehead atoms. The maximum atomic E-state index is 11.9. The summed E-state index contributed by atoms with van der Waals surface area (Å²) < 4.78 is 0. The molecule has 3 amide bonds. The lowest BCUT2D eigenvalue weighted by atomic mass is 9.90. The molecule has 0 aromatic heterocycles. The average molecular weight is 234 g/mol. The minimum absolute atomic E-state index is 0.232. The van der Waals surface area contributed by atoms with Gasteiger partial charge in [-0.3, -0.25) is 9.69 Å². The highest BCUT2D eigenvalue weighted by Crippen LogP contribution is 2.28. The van der Waals surface area contributed by atoms with Crippen LogP contribution in [0.3, 0.4) is 0 Å². The van der Waals surface area contributed by atoms with Gasteiger partial charge in [-0.15, -0.1) is 0 Å². The number of imide groups is 1. The Morgan fingerprint density at radius 3 is 2.29 bits per heavy atom. The zero-order chi connectivity index (χ0) is 12.6. The Kier molecular flexibility index (Phi) is 2.35. The molecule has 1 aromatic carbocycles. The van der Waals surface area contributed by atoms with Gasteiger partial charge in [0, 0.05) is 7.05 Å². The van der Waals surface area contributed by atoms with E-state index in [1.165, 1.54) is 19.2 Å². The molecule has 1 aliphatic heterocycles. The minimum atomic E-state index is -2.01. The quantitative estimate of drug-likeness (QED) is 0.563. The van der Waals surface area contributed by atoms with Gasteiger partial charge in [0.25, 0.3) is 5.91 Å². The lowest BCUT2D eigenvalue weighted by molar-refractivity contribution is -0.150. The van der Waals surface area contributed by atoms with Crippen molar-refractivity contribution in [2.45, 2.75) is 5.54 Å². The monoisotopic (exact) mass is 234 g/mol. The van der Waals surface area contributed by atoms with Crippen LogP contribution in [0.1, 0.15) is 5.56 Å². The molecule has 2 N–H and O–H groups in total. The molecule has 1 fully saturated rings. The second kappa shape index (κ2) is 3.58. The lowest BCUT2D eigenvalue weighted by Crippen LogP contribution is -2.50. The third-order valence-corrected chi connectivity index (χ3v) is 2.75. The number of carboxylic acid groups (broad SMARTS) is 1. The van der Waals surface area contributed by atoms with Gasteiger partial charge in [-0.2, -0.15) is 0 Å². The first kappa shape index (κ1) is 11.1. The van der Waals surface area contributed by atoms with Gasteiger partial charge in [-0.1, -0.05) is 30.3 Å². The second-order valence-electron chi connectivity index (χ2n) is 3.72. The van der Waals surface area contributed by atoms with Gasteiger partial charge >= 0.3 is 12.0 Å². The Hall–Kier alpha value is -2.37. The lowest BCUT2D eigenvalue weighted by Gasteiger charge is -2.21. The molecule has 0 aliphatic carbocycles. The number of benzene rings is 1. The van der Waals surface area contributed by atoms with E-state index in [1.54, 1.807) is 18.2 Å².